The molecule has 0 radical (unpaired) electrons. The summed E-state index contributed by atoms with van der Waals surface area (Å²) in [7, 11) is 0. The van der Waals surface area contributed by atoms with Crippen LogP contribution in [0.5, 0.6) is 11.5 Å². The van der Waals surface area contributed by atoms with Crippen molar-refractivity contribution in [1.82, 2.24) is 4.98 Å². The molecule has 19 heavy (non-hydrogen) atoms. The topological polar surface area (TPSA) is 31.4 Å². The molecule has 0 aliphatic carbocycles. The number of thiophene rings is 1. The highest BCUT2D eigenvalue weighted by atomic mass is 32.1. The van der Waals surface area contributed by atoms with E-state index in [9.17, 15) is 0 Å². The third-order valence-corrected chi connectivity index (χ3v) is 4.14. The van der Waals surface area contributed by atoms with Crippen molar-refractivity contribution in [3.8, 4) is 21.9 Å². The molecule has 4 heteroatoms. The number of rotatable bonds is 1. The Bertz CT molecular complexity index is 751. The molecule has 0 atom stereocenters. The number of ether oxygens (including phenoxy) is 2. The lowest BCUT2D eigenvalue weighted by atomic mass is 10.1. The minimum atomic E-state index is 0.609. The monoisotopic (exact) mass is 269 g/mol. The molecule has 2 aromatic heterocycles. The van der Waals surface area contributed by atoms with E-state index in [0.29, 0.717) is 13.2 Å². The van der Waals surface area contributed by atoms with Crippen molar-refractivity contribution in [2.75, 3.05) is 13.2 Å². The standard InChI is InChI=1S/C15H11NO2S/c1-2-4-12-10(3-1)7-11(8-16-12)15-14-13(9-19-15)17-5-6-18-14/h1-4,7-9H,5-6H2. The van der Waals surface area contributed by atoms with Crippen LogP contribution in [0.3, 0.4) is 0 Å². The van der Waals surface area contributed by atoms with Crippen LogP contribution in [0.4, 0.5) is 0 Å². The van der Waals surface area contributed by atoms with Crippen molar-refractivity contribution in [2.45, 2.75) is 0 Å². The SMILES string of the molecule is c1ccc2ncc(-c3scc4c3OCCO4)cc2c1. The fraction of sp³-hybridized carbons (Fsp3) is 0.133. The number of fused-ring (bicyclic) bond motifs is 2. The maximum Gasteiger partial charge on any atom is 0.180 e. The first-order valence-corrected chi connectivity index (χ1v) is 7.02. The normalized spacial score (nSPS) is 13.7. The summed E-state index contributed by atoms with van der Waals surface area (Å²) in [5.74, 6) is 1.70. The van der Waals surface area contributed by atoms with Gasteiger partial charge in [-0.2, -0.15) is 0 Å². The molecule has 0 N–H and O–H groups in total. The first-order chi connectivity index (χ1) is 9.42. The highest BCUT2D eigenvalue weighted by Crippen LogP contribution is 2.45. The summed E-state index contributed by atoms with van der Waals surface area (Å²) in [5.41, 5.74) is 2.09. The Morgan fingerprint density at radius 1 is 1.11 bits per heavy atom. The summed E-state index contributed by atoms with van der Waals surface area (Å²) in [4.78, 5) is 5.59. The van der Waals surface area contributed by atoms with Crippen LogP contribution in [0.2, 0.25) is 0 Å². The van der Waals surface area contributed by atoms with Gasteiger partial charge in [0.05, 0.1) is 10.4 Å². The van der Waals surface area contributed by atoms with Crippen LogP contribution < -0.4 is 9.47 Å². The molecule has 0 saturated carbocycles. The predicted molar refractivity (Wildman–Crippen MR) is 76.0 cm³/mol. The number of aromatic nitrogens is 1. The number of hydrogen-bond donors (Lipinski definition) is 0. The summed E-state index contributed by atoms with van der Waals surface area (Å²) >= 11 is 1.64. The second kappa shape index (κ2) is 4.24. The zero-order valence-corrected chi connectivity index (χ0v) is 10.9. The van der Waals surface area contributed by atoms with Gasteiger partial charge in [-0.25, -0.2) is 0 Å². The molecule has 0 bridgehead atoms. The number of pyridine rings is 1. The van der Waals surface area contributed by atoms with Gasteiger partial charge in [-0.1, -0.05) is 18.2 Å². The molecule has 3 aromatic rings. The van der Waals surface area contributed by atoms with Gasteiger partial charge in [-0.15, -0.1) is 11.3 Å². The third kappa shape index (κ3) is 1.76. The first kappa shape index (κ1) is 10.8. The van der Waals surface area contributed by atoms with Crippen LogP contribution >= 0.6 is 11.3 Å². The Labute approximate surface area is 114 Å². The number of benzene rings is 1. The van der Waals surface area contributed by atoms with Crippen molar-refractivity contribution in [1.29, 1.82) is 0 Å². The minimum absolute atomic E-state index is 0.609. The maximum absolute atomic E-state index is 5.72. The Morgan fingerprint density at radius 2 is 2.00 bits per heavy atom. The van der Waals surface area contributed by atoms with Gasteiger partial charge in [0.2, 0.25) is 0 Å². The second-order valence-electron chi connectivity index (χ2n) is 4.37. The van der Waals surface area contributed by atoms with Gasteiger partial charge in [0.15, 0.2) is 11.5 Å². The molecule has 3 heterocycles. The number of para-hydroxylation sites is 1. The molecule has 1 aromatic carbocycles. The molecular weight excluding hydrogens is 258 g/mol. The number of hydrogen-bond acceptors (Lipinski definition) is 4. The van der Waals surface area contributed by atoms with Crippen molar-refractivity contribution < 1.29 is 9.47 Å². The Kier molecular flexibility index (Phi) is 2.42. The molecule has 1 aliphatic rings. The molecule has 1 aliphatic heterocycles. The van der Waals surface area contributed by atoms with E-state index in [1.165, 1.54) is 0 Å². The molecule has 0 amide bonds. The van der Waals surface area contributed by atoms with Gasteiger partial charge in [0, 0.05) is 22.5 Å². The maximum atomic E-state index is 5.72. The van der Waals surface area contributed by atoms with E-state index >= 15 is 0 Å². The molecule has 0 fully saturated rings. The smallest absolute Gasteiger partial charge is 0.180 e. The van der Waals surface area contributed by atoms with E-state index in [0.717, 1.165) is 32.8 Å². The zero-order chi connectivity index (χ0) is 12.7. The van der Waals surface area contributed by atoms with Crippen LogP contribution in [0.15, 0.2) is 41.9 Å². The lowest BCUT2D eigenvalue weighted by Crippen LogP contribution is -2.14. The van der Waals surface area contributed by atoms with E-state index in [1.807, 2.05) is 29.8 Å². The average molecular weight is 269 g/mol. The predicted octanol–water partition coefficient (Wildman–Crippen LogP) is 3.73. The van der Waals surface area contributed by atoms with E-state index in [1.54, 1.807) is 11.3 Å². The van der Waals surface area contributed by atoms with Gasteiger partial charge < -0.3 is 9.47 Å². The van der Waals surface area contributed by atoms with Gasteiger partial charge in [0.1, 0.15) is 13.2 Å². The molecule has 0 saturated heterocycles. The Hall–Kier alpha value is -2.07. The summed E-state index contributed by atoms with van der Waals surface area (Å²) in [6.07, 6.45) is 1.90. The van der Waals surface area contributed by atoms with Crippen LogP contribution in [-0.2, 0) is 0 Å². The average Bonchev–Trinajstić information content (AvgIpc) is 2.91. The summed E-state index contributed by atoms with van der Waals surface area (Å²) in [5, 5.41) is 3.14. The van der Waals surface area contributed by atoms with E-state index in [-0.39, 0.29) is 0 Å². The Morgan fingerprint density at radius 3 is 3.00 bits per heavy atom. The highest BCUT2D eigenvalue weighted by molar-refractivity contribution is 7.14. The van der Waals surface area contributed by atoms with Crippen molar-refractivity contribution in [2.24, 2.45) is 0 Å². The fourth-order valence-corrected chi connectivity index (χ4v) is 3.17. The first-order valence-electron chi connectivity index (χ1n) is 6.14. The molecule has 0 spiro atoms. The second-order valence-corrected chi connectivity index (χ2v) is 5.25. The lowest BCUT2D eigenvalue weighted by molar-refractivity contribution is 0.174. The van der Waals surface area contributed by atoms with Crippen molar-refractivity contribution in [3.63, 3.8) is 0 Å². The van der Waals surface area contributed by atoms with Gasteiger partial charge in [0.25, 0.3) is 0 Å². The van der Waals surface area contributed by atoms with Crippen LogP contribution in [0.25, 0.3) is 21.3 Å². The number of nitrogens with zero attached hydrogens (tertiary/aromatic N) is 1. The zero-order valence-electron chi connectivity index (χ0n) is 10.1. The van der Waals surface area contributed by atoms with Crippen molar-refractivity contribution in [3.05, 3.63) is 41.9 Å². The van der Waals surface area contributed by atoms with E-state index in [2.05, 4.69) is 17.1 Å². The van der Waals surface area contributed by atoms with Gasteiger partial charge in [-0.05, 0) is 12.1 Å². The van der Waals surface area contributed by atoms with E-state index in [4.69, 9.17) is 9.47 Å². The van der Waals surface area contributed by atoms with E-state index < -0.39 is 0 Å². The third-order valence-electron chi connectivity index (χ3n) is 3.15. The molecule has 3 nitrogen and oxygen atoms in total. The summed E-state index contributed by atoms with van der Waals surface area (Å²) in [6, 6.07) is 10.3. The summed E-state index contributed by atoms with van der Waals surface area (Å²) in [6.45, 7) is 1.23. The van der Waals surface area contributed by atoms with Crippen LogP contribution in [0, 0.1) is 0 Å². The Balaban J connectivity index is 1.88. The molecule has 0 unspecified atom stereocenters. The van der Waals surface area contributed by atoms with Gasteiger partial charge in [-0.3, -0.25) is 4.98 Å². The largest absolute Gasteiger partial charge is 0.485 e. The lowest BCUT2D eigenvalue weighted by Gasteiger charge is -2.16. The molecule has 94 valence electrons. The van der Waals surface area contributed by atoms with Crippen LogP contribution in [0.1, 0.15) is 0 Å². The fourth-order valence-electron chi connectivity index (χ4n) is 2.26. The quantitative estimate of drug-likeness (QED) is 0.674. The van der Waals surface area contributed by atoms with Crippen molar-refractivity contribution >= 4 is 22.2 Å². The minimum Gasteiger partial charge on any atom is -0.485 e. The molecule has 4 rings (SSSR count). The van der Waals surface area contributed by atoms with Crippen LogP contribution in [-0.4, -0.2) is 18.2 Å². The highest BCUT2D eigenvalue weighted by Gasteiger charge is 2.19. The summed E-state index contributed by atoms with van der Waals surface area (Å²) < 4.78 is 11.3. The molecular formula is C15H11NO2S. The van der Waals surface area contributed by atoms with Gasteiger partial charge >= 0.3 is 0 Å².